The Balaban J connectivity index is 1.38. The van der Waals surface area contributed by atoms with Crippen molar-refractivity contribution in [1.29, 1.82) is 0 Å². The predicted octanol–water partition coefficient (Wildman–Crippen LogP) is 4.25. The molecule has 156 valence electrons. The van der Waals surface area contributed by atoms with Gasteiger partial charge < -0.3 is 19.4 Å². The van der Waals surface area contributed by atoms with Crippen molar-refractivity contribution in [2.45, 2.75) is 50.2 Å². The second kappa shape index (κ2) is 7.76. The van der Waals surface area contributed by atoms with Crippen LogP contribution in [0.2, 0.25) is 0 Å². The van der Waals surface area contributed by atoms with Gasteiger partial charge in [-0.1, -0.05) is 12.5 Å². The summed E-state index contributed by atoms with van der Waals surface area (Å²) in [6.07, 6.45) is 5.79. The zero-order chi connectivity index (χ0) is 20.7. The molecular weight excluding hydrogens is 378 g/mol. The van der Waals surface area contributed by atoms with E-state index >= 15 is 0 Å². The summed E-state index contributed by atoms with van der Waals surface area (Å²) < 4.78 is 11.2. The first kappa shape index (κ1) is 19.1. The number of piperidine rings is 2. The lowest BCUT2D eigenvalue weighted by molar-refractivity contribution is 0.0463. The third-order valence-corrected chi connectivity index (χ3v) is 6.68. The minimum absolute atomic E-state index is 0.0668. The largest absolute Gasteiger partial charge is 0.497 e. The number of carbonyl (C=O) groups excluding carboxylic acids is 1. The van der Waals surface area contributed by atoms with Crippen LogP contribution >= 0.6 is 0 Å². The van der Waals surface area contributed by atoms with Crippen molar-refractivity contribution in [3.05, 3.63) is 48.0 Å². The van der Waals surface area contributed by atoms with Crippen LogP contribution in [0.25, 0.3) is 22.6 Å². The maximum Gasteiger partial charge on any atom is 0.253 e. The van der Waals surface area contributed by atoms with Crippen LogP contribution < -0.4 is 10.1 Å². The number of aromatic nitrogens is 1. The average molecular weight is 405 g/mol. The highest BCUT2D eigenvalue weighted by molar-refractivity contribution is 6.05. The average Bonchev–Trinajstić information content (AvgIpc) is 3.19. The molecule has 0 aliphatic carbocycles. The van der Waals surface area contributed by atoms with Crippen molar-refractivity contribution in [2.75, 3.05) is 14.2 Å². The van der Waals surface area contributed by atoms with Crippen LogP contribution in [-0.2, 0) is 0 Å². The molecule has 30 heavy (non-hydrogen) atoms. The number of hydrogen-bond acceptors (Lipinski definition) is 5. The van der Waals surface area contributed by atoms with E-state index in [1.165, 1.54) is 19.3 Å². The van der Waals surface area contributed by atoms with E-state index in [2.05, 4.69) is 22.2 Å². The zero-order valence-electron chi connectivity index (χ0n) is 17.4. The second-order valence-corrected chi connectivity index (χ2v) is 8.45. The van der Waals surface area contributed by atoms with Gasteiger partial charge in [-0.05, 0) is 69.1 Å². The molecule has 1 aromatic heterocycles. The number of nitrogens with zero attached hydrogens (tertiary/aromatic N) is 2. The first-order valence-corrected chi connectivity index (χ1v) is 10.7. The monoisotopic (exact) mass is 405 g/mol. The zero-order valence-corrected chi connectivity index (χ0v) is 17.4. The molecule has 2 fully saturated rings. The summed E-state index contributed by atoms with van der Waals surface area (Å²) in [6.45, 7) is 0. The van der Waals surface area contributed by atoms with Crippen LogP contribution in [0, 0.1) is 0 Å². The molecule has 2 saturated heterocycles. The van der Waals surface area contributed by atoms with Crippen LogP contribution in [0.5, 0.6) is 5.75 Å². The lowest BCUT2D eigenvalue weighted by Gasteiger charge is -2.47. The van der Waals surface area contributed by atoms with Gasteiger partial charge in [-0.2, -0.15) is 0 Å². The molecule has 3 aromatic rings. The van der Waals surface area contributed by atoms with E-state index in [1.54, 1.807) is 7.11 Å². The highest BCUT2D eigenvalue weighted by Crippen LogP contribution is 2.33. The van der Waals surface area contributed by atoms with E-state index in [0.717, 1.165) is 24.2 Å². The van der Waals surface area contributed by atoms with E-state index in [4.69, 9.17) is 9.15 Å². The molecule has 1 unspecified atom stereocenters. The molecule has 2 bridgehead atoms. The molecule has 2 aliphatic rings. The topological polar surface area (TPSA) is 67.6 Å². The summed E-state index contributed by atoms with van der Waals surface area (Å²) in [6, 6.07) is 14.4. The van der Waals surface area contributed by atoms with Crippen molar-refractivity contribution < 1.29 is 13.9 Å². The molecule has 2 aliphatic heterocycles. The van der Waals surface area contributed by atoms with Gasteiger partial charge >= 0.3 is 0 Å². The maximum absolute atomic E-state index is 13.1. The molecule has 5 rings (SSSR count). The fourth-order valence-electron chi connectivity index (χ4n) is 4.99. The third-order valence-electron chi connectivity index (χ3n) is 6.68. The molecule has 0 spiro atoms. The van der Waals surface area contributed by atoms with Gasteiger partial charge in [-0.15, -0.1) is 0 Å². The smallest absolute Gasteiger partial charge is 0.253 e. The number of fused-ring (bicyclic) bond motifs is 3. The van der Waals surface area contributed by atoms with E-state index in [-0.39, 0.29) is 11.9 Å². The first-order chi connectivity index (χ1) is 14.6. The Kier molecular flexibility index (Phi) is 4.95. The number of para-hydroxylation sites is 1. The van der Waals surface area contributed by atoms with Gasteiger partial charge in [0.1, 0.15) is 11.3 Å². The third kappa shape index (κ3) is 3.45. The normalized spacial score (nSPS) is 24.0. The number of methoxy groups -OCH3 is 1. The number of nitrogens with one attached hydrogen (secondary N) is 1. The highest BCUT2D eigenvalue weighted by atomic mass is 16.5. The summed E-state index contributed by atoms with van der Waals surface area (Å²) in [4.78, 5) is 20.3. The number of rotatable bonds is 4. The van der Waals surface area contributed by atoms with E-state index in [9.17, 15) is 4.79 Å². The van der Waals surface area contributed by atoms with Gasteiger partial charge in [0, 0.05) is 23.7 Å². The Hall–Kier alpha value is -2.86. The number of ether oxygens (including phenoxy) is 1. The lowest BCUT2D eigenvalue weighted by atomic mass is 9.82. The minimum atomic E-state index is -0.0668. The van der Waals surface area contributed by atoms with Gasteiger partial charge in [0.15, 0.2) is 5.58 Å². The summed E-state index contributed by atoms with van der Waals surface area (Å²) in [5, 5.41) is 3.28. The number of benzene rings is 2. The molecular formula is C24H27N3O3. The van der Waals surface area contributed by atoms with E-state index in [0.29, 0.717) is 34.6 Å². The Labute approximate surface area is 176 Å². The second-order valence-electron chi connectivity index (χ2n) is 8.45. The molecule has 2 aromatic carbocycles. The van der Waals surface area contributed by atoms with E-state index in [1.807, 2.05) is 42.5 Å². The van der Waals surface area contributed by atoms with Crippen molar-refractivity contribution >= 4 is 17.0 Å². The highest BCUT2D eigenvalue weighted by Gasteiger charge is 2.36. The fraction of sp³-hybridized carbons (Fsp3) is 0.417. The van der Waals surface area contributed by atoms with Crippen molar-refractivity contribution in [1.82, 2.24) is 15.2 Å². The number of oxazole rings is 1. The fourth-order valence-corrected chi connectivity index (χ4v) is 4.99. The molecule has 3 atom stereocenters. The minimum Gasteiger partial charge on any atom is -0.497 e. The summed E-state index contributed by atoms with van der Waals surface area (Å²) >= 11 is 0. The predicted molar refractivity (Wildman–Crippen MR) is 116 cm³/mol. The Morgan fingerprint density at radius 2 is 1.87 bits per heavy atom. The molecule has 0 saturated carbocycles. The number of amides is 1. The van der Waals surface area contributed by atoms with Gasteiger partial charge in [0.05, 0.1) is 12.7 Å². The van der Waals surface area contributed by atoms with Crippen molar-refractivity contribution in [3.8, 4) is 17.2 Å². The maximum atomic E-state index is 13.1. The Morgan fingerprint density at radius 1 is 1.13 bits per heavy atom. The van der Waals surface area contributed by atoms with Crippen molar-refractivity contribution in [2.24, 2.45) is 0 Å². The first-order valence-electron chi connectivity index (χ1n) is 10.7. The SMILES string of the molecule is COc1ccc(-c2nc3c(C(=O)NC4C[C@H]5CCC[C@@H](C4)N5C)cccc3o2)cc1. The van der Waals surface area contributed by atoms with Crippen LogP contribution in [-0.4, -0.2) is 48.1 Å². The number of hydrogen-bond donors (Lipinski definition) is 1. The molecule has 1 N–H and O–H groups in total. The van der Waals surface area contributed by atoms with Crippen LogP contribution in [0.3, 0.4) is 0 Å². The van der Waals surface area contributed by atoms with E-state index < -0.39 is 0 Å². The molecule has 0 radical (unpaired) electrons. The van der Waals surface area contributed by atoms with Gasteiger partial charge in [0.25, 0.3) is 5.91 Å². The van der Waals surface area contributed by atoms with Crippen molar-refractivity contribution in [3.63, 3.8) is 0 Å². The van der Waals surface area contributed by atoms with Gasteiger partial charge in [0.2, 0.25) is 5.89 Å². The van der Waals surface area contributed by atoms with Crippen LogP contribution in [0.15, 0.2) is 46.9 Å². The summed E-state index contributed by atoms with van der Waals surface area (Å²) in [7, 11) is 3.86. The number of carbonyl (C=O) groups is 1. The standard InChI is InChI=1S/C24H27N3O3/c1-27-17-5-3-6-18(27)14-16(13-17)25-23(28)20-7-4-8-21-22(20)26-24(30-21)15-9-11-19(29-2)12-10-15/h4,7-12,16-18H,3,5-6,13-14H2,1-2H3,(H,25,28)/t16?,17-,18+. The van der Waals surface area contributed by atoms with Crippen LogP contribution in [0.4, 0.5) is 0 Å². The molecule has 6 heteroatoms. The Morgan fingerprint density at radius 3 is 2.57 bits per heavy atom. The van der Waals surface area contributed by atoms with Gasteiger partial charge in [-0.3, -0.25) is 4.79 Å². The summed E-state index contributed by atoms with van der Waals surface area (Å²) in [5.74, 6) is 1.21. The lowest BCUT2D eigenvalue weighted by Crippen LogP contribution is -2.55. The van der Waals surface area contributed by atoms with Gasteiger partial charge in [-0.25, -0.2) is 4.98 Å². The molecule has 1 amide bonds. The summed E-state index contributed by atoms with van der Waals surface area (Å²) in [5.41, 5.74) is 2.64. The van der Waals surface area contributed by atoms with Crippen LogP contribution in [0.1, 0.15) is 42.5 Å². The Bertz CT molecular complexity index is 1050. The quantitative estimate of drug-likeness (QED) is 0.703. The molecule has 6 nitrogen and oxygen atoms in total. The molecule has 3 heterocycles.